The molecule has 0 atom stereocenters. The highest BCUT2D eigenvalue weighted by Crippen LogP contribution is 2.40. The Morgan fingerprint density at radius 3 is 2.60 bits per heavy atom. The highest BCUT2D eigenvalue weighted by Gasteiger charge is 2.41. The van der Waals surface area contributed by atoms with Gasteiger partial charge in [-0.3, -0.25) is 0 Å². The van der Waals surface area contributed by atoms with Crippen molar-refractivity contribution >= 4 is 11.6 Å². The van der Waals surface area contributed by atoms with Gasteiger partial charge in [-0.2, -0.15) is 0 Å². The second-order valence-electron chi connectivity index (χ2n) is 4.49. The lowest BCUT2D eigenvalue weighted by atomic mass is 9.98. The minimum atomic E-state index is -0.678. The molecular formula is C12H14ClFO. The molecule has 1 aromatic rings. The molecule has 1 saturated carbocycles. The van der Waals surface area contributed by atoms with Gasteiger partial charge in [0.2, 0.25) is 0 Å². The molecule has 0 saturated heterocycles. The third-order valence-corrected chi connectivity index (χ3v) is 3.49. The number of aryl methyl sites for hydroxylation is 1. The van der Waals surface area contributed by atoms with Gasteiger partial charge in [-0.15, -0.1) is 0 Å². The van der Waals surface area contributed by atoms with E-state index < -0.39 is 5.60 Å². The molecule has 1 aromatic carbocycles. The van der Waals surface area contributed by atoms with E-state index >= 15 is 0 Å². The van der Waals surface area contributed by atoms with Crippen LogP contribution < -0.4 is 0 Å². The Morgan fingerprint density at radius 2 is 2.07 bits per heavy atom. The summed E-state index contributed by atoms with van der Waals surface area (Å²) in [4.78, 5) is 0. The van der Waals surface area contributed by atoms with E-state index in [4.69, 9.17) is 11.6 Å². The van der Waals surface area contributed by atoms with Crippen LogP contribution in [-0.4, -0.2) is 10.7 Å². The van der Waals surface area contributed by atoms with Crippen molar-refractivity contribution in [1.29, 1.82) is 0 Å². The van der Waals surface area contributed by atoms with Crippen LogP contribution in [0.1, 0.15) is 29.5 Å². The second kappa shape index (κ2) is 3.46. The molecule has 0 unspecified atom stereocenters. The van der Waals surface area contributed by atoms with E-state index in [2.05, 4.69) is 0 Å². The van der Waals surface area contributed by atoms with Gasteiger partial charge < -0.3 is 5.11 Å². The maximum atomic E-state index is 13.8. The molecule has 15 heavy (non-hydrogen) atoms. The van der Waals surface area contributed by atoms with Crippen LogP contribution in [0.25, 0.3) is 0 Å². The van der Waals surface area contributed by atoms with Crippen molar-refractivity contribution in [2.45, 2.75) is 38.7 Å². The van der Waals surface area contributed by atoms with Crippen LogP contribution in [0.3, 0.4) is 0 Å². The van der Waals surface area contributed by atoms with Crippen molar-refractivity contribution in [3.8, 4) is 0 Å². The Morgan fingerprint density at radius 1 is 1.47 bits per heavy atom. The normalized spacial score (nSPS) is 17.9. The van der Waals surface area contributed by atoms with Crippen molar-refractivity contribution in [3.63, 3.8) is 0 Å². The lowest BCUT2D eigenvalue weighted by molar-refractivity contribution is 0.149. The molecule has 1 nitrogen and oxygen atoms in total. The maximum absolute atomic E-state index is 13.8. The molecule has 0 aromatic heterocycles. The molecule has 3 heteroatoms. The topological polar surface area (TPSA) is 20.2 Å². The molecule has 0 radical (unpaired) electrons. The zero-order valence-electron chi connectivity index (χ0n) is 8.90. The van der Waals surface area contributed by atoms with Crippen molar-refractivity contribution in [2.75, 3.05) is 0 Å². The van der Waals surface area contributed by atoms with Gasteiger partial charge in [0.1, 0.15) is 5.82 Å². The van der Waals surface area contributed by atoms with E-state index in [9.17, 15) is 9.50 Å². The van der Waals surface area contributed by atoms with E-state index in [1.54, 1.807) is 19.9 Å². The van der Waals surface area contributed by atoms with Crippen LogP contribution in [0.4, 0.5) is 4.39 Å². The van der Waals surface area contributed by atoms with Crippen LogP contribution in [0.15, 0.2) is 6.07 Å². The van der Waals surface area contributed by atoms with Crippen molar-refractivity contribution < 1.29 is 9.50 Å². The van der Waals surface area contributed by atoms with Gasteiger partial charge in [0, 0.05) is 11.4 Å². The molecule has 0 heterocycles. The Bertz CT molecular complexity index is 384. The summed E-state index contributed by atoms with van der Waals surface area (Å²) < 4.78 is 13.8. The number of aliphatic hydroxyl groups is 1. The number of rotatable bonds is 2. The summed E-state index contributed by atoms with van der Waals surface area (Å²) in [5, 5.41) is 10.4. The first kappa shape index (κ1) is 10.9. The Hall–Kier alpha value is -0.600. The zero-order valence-corrected chi connectivity index (χ0v) is 9.66. The van der Waals surface area contributed by atoms with Gasteiger partial charge in [-0.05, 0) is 49.4 Å². The zero-order chi connectivity index (χ0) is 11.2. The lowest BCUT2D eigenvalue weighted by Gasteiger charge is -2.14. The van der Waals surface area contributed by atoms with Crippen LogP contribution in [0.2, 0.25) is 5.02 Å². The number of hydrogen-bond donors (Lipinski definition) is 1. The van der Waals surface area contributed by atoms with Gasteiger partial charge in [-0.25, -0.2) is 4.39 Å². The predicted octanol–water partition coefficient (Wildman–Crippen LogP) is 3.16. The minimum absolute atomic E-state index is 0.225. The Labute approximate surface area is 93.9 Å². The van der Waals surface area contributed by atoms with Crippen LogP contribution >= 0.6 is 11.6 Å². The number of hydrogen-bond acceptors (Lipinski definition) is 1. The highest BCUT2D eigenvalue weighted by atomic mass is 35.5. The standard InChI is InChI=1S/C12H14ClFO/c1-7-5-10(13)8(2)9(11(7)14)6-12(15)3-4-12/h5,15H,3-4,6H2,1-2H3. The summed E-state index contributed by atoms with van der Waals surface area (Å²) in [5.74, 6) is -0.225. The van der Waals surface area contributed by atoms with E-state index in [1.807, 2.05) is 0 Å². The number of halogens is 2. The molecule has 82 valence electrons. The third kappa shape index (κ3) is 2.01. The average Bonchev–Trinajstić information content (AvgIpc) is 2.89. The molecular weight excluding hydrogens is 215 g/mol. The Kier molecular flexibility index (Phi) is 2.52. The first-order valence-corrected chi connectivity index (χ1v) is 5.47. The number of benzene rings is 1. The molecule has 0 bridgehead atoms. The molecule has 1 aliphatic carbocycles. The van der Waals surface area contributed by atoms with Crippen molar-refractivity contribution in [3.05, 3.63) is 33.6 Å². The van der Waals surface area contributed by atoms with Crippen LogP contribution in [0.5, 0.6) is 0 Å². The van der Waals surface area contributed by atoms with Crippen LogP contribution in [-0.2, 0) is 6.42 Å². The fourth-order valence-corrected chi connectivity index (χ4v) is 2.05. The van der Waals surface area contributed by atoms with E-state index in [-0.39, 0.29) is 5.82 Å². The fraction of sp³-hybridized carbons (Fsp3) is 0.500. The second-order valence-corrected chi connectivity index (χ2v) is 4.90. The van der Waals surface area contributed by atoms with E-state index in [0.29, 0.717) is 22.6 Å². The highest BCUT2D eigenvalue weighted by molar-refractivity contribution is 6.31. The summed E-state index contributed by atoms with van der Waals surface area (Å²) in [6, 6.07) is 1.63. The molecule has 1 fully saturated rings. The average molecular weight is 229 g/mol. The van der Waals surface area contributed by atoms with Crippen LogP contribution in [0, 0.1) is 19.7 Å². The van der Waals surface area contributed by atoms with Crippen molar-refractivity contribution in [1.82, 2.24) is 0 Å². The summed E-state index contributed by atoms with van der Waals surface area (Å²) >= 11 is 5.99. The molecule has 0 spiro atoms. The largest absolute Gasteiger partial charge is 0.390 e. The monoisotopic (exact) mass is 228 g/mol. The van der Waals surface area contributed by atoms with Gasteiger partial charge in [-0.1, -0.05) is 11.6 Å². The van der Waals surface area contributed by atoms with Gasteiger partial charge in [0.15, 0.2) is 0 Å². The van der Waals surface area contributed by atoms with Gasteiger partial charge in [0.25, 0.3) is 0 Å². The maximum Gasteiger partial charge on any atom is 0.129 e. The fourth-order valence-electron chi connectivity index (χ4n) is 1.77. The first-order valence-electron chi connectivity index (χ1n) is 5.09. The third-order valence-electron chi connectivity index (χ3n) is 3.10. The summed E-state index contributed by atoms with van der Waals surface area (Å²) in [6.45, 7) is 3.49. The van der Waals surface area contributed by atoms with E-state index in [0.717, 1.165) is 18.4 Å². The SMILES string of the molecule is Cc1cc(Cl)c(C)c(CC2(O)CC2)c1F. The molecule has 2 rings (SSSR count). The van der Waals surface area contributed by atoms with E-state index in [1.165, 1.54) is 0 Å². The molecule has 0 amide bonds. The molecule has 1 aliphatic rings. The predicted molar refractivity (Wildman–Crippen MR) is 58.8 cm³/mol. The summed E-state index contributed by atoms with van der Waals surface area (Å²) in [7, 11) is 0. The smallest absolute Gasteiger partial charge is 0.129 e. The Balaban J connectivity index is 2.44. The van der Waals surface area contributed by atoms with Gasteiger partial charge in [0.05, 0.1) is 5.60 Å². The minimum Gasteiger partial charge on any atom is -0.390 e. The van der Waals surface area contributed by atoms with Gasteiger partial charge >= 0.3 is 0 Å². The quantitative estimate of drug-likeness (QED) is 0.825. The lowest BCUT2D eigenvalue weighted by Crippen LogP contribution is -2.14. The molecule has 1 N–H and O–H groups in total. The molecule has 0 aliphatic heterocycles. The van der Waals surface area contributed by atoms with Crippen molar-refractivity contribution in [2.24, 2.45) is 0 Å². The summed E-state index contributed by atoms with van der Waals surface area (Å²) in [6.07, 6.45) is 1.90. The summed E-state index contributed by atoms with van der Waals surface area (Å²) in [5.41, 5.74) is 1.19. The first-order chi connectivity index (χ1) is 6.93.